The van der Waals surface area contributed by atoms with Crippen molar-refractivity contribution in [3.8, 4) is 0 Å². The van der Waals surface area contributed by atoms with Crippen LogP contribution in [0.1, 0.15) is 47.5 Å². The molecule has 0 aromatic carbocycles. The molecule has 1 unspecified atom stereocenters. The van der Waals surface area contributed by atoms with Gasteiger partial charge in [0.2, 0.25) is 0 Å². The van der Waals surface area contributed by atoms with Gasteiger partial charge in [0.25, 0.3) is 0 Å². The molecule has 0 aromatic rings. The van der Waals surface area contributed by atoms with Gasteiger partial charge in [0.05, 0.1) is 0 Å². The van der Waals surface area contributed by atoms with Crippen molar-refractivity contribution in [1.29, 1.82) is 0 Å². The van der Waals surface area contributed by atoms with E-state index in [1.807, 2.05) is 0 Å². The monoisotopic (exact) mass is 200 g/mol. The highest BCUT2D eigenvalue weighted by Crippen LogP contribution is 2.16. The highest BCUT2D eigenvalue weighted by molar-refractivity contribution is 4.67. The summed E-state index contributed by atoms with van der Waals surface area (Å²) in [5.41, 5.74) is 0.448. The Kier molecular flexibility index (Phi) is 7.20. The molecule has 0 fully saturated rings. The van der Waals surface area contributed by atoms with Crippen LogP contribution in [0.2, 0.25) is 0 Å². The van der Waals surface area contributed by atoms with E-state index >= 15 is 0 Å². The van der Waals surface area contributed by atoms with Crippen LogP contribution in [0.5, 0.6) is 0 Å². The first-order valence-corrected chi connectivity index (χ1v) is 5.90. The van der Waals surface area contributed by atoms with E-state index in [9.17, 15) is 0 Å². The largest absolute Gasteiger partial charge is 0.315 e. The number of hydrogen-bond donors (Lipinski definition) is 2. The molecule has 0 aliphatic carbocycles. The lowest BCUT2D eigenvalue weighted by Gasteiger charge is -2.20. The van der Waals surface area contributed by atoms with Crippen LogP contribution >= 0.6 is 0 Å². The SMILES string of the molecule is CCCNCC(C)NCCC(C)(C)C. The third kappa shape index (κ3) is 10.0. The van der Waals surface area contributed by atoms with E-state index < -0.39 is 0 Å². The first kappa shape index (κ1) is 13.9. The normalized spacial score (nSPS) is 14.4. The van der Waals surface area contributed by atoms with Crippen LogP contribution in [0.3, 0.4) is 0 Å². The Morgan fingerprint density at radius 2 is 1.79 bits per heavy atom. The van der Waals surface area contributed by atoms with Gasteiger partial charge in [-0.15, -0.1) is 0 Å². The van der Waals surface area contributed by atoms with Gasteiger partial charge >= 0.3 is 0 Å². The zero-order valence-corrected chi connectivity index (χ0v) is 10.6. The molecule has 2 heteroatoms. The lowest BCUT2D eigenvalue weighted by atomic mass is 9.92. The first-order valence-electron chi connectivity index (χ1n) is 5.90. The molecule has 0 bridgehead atoms. The maximum atomic E-state index is 3.54. The summed E-state index contributed by atoms with van der Waals surface area (Å²) in [6.07, 6.45) is 2.46. The van der Waals surface area contributed by atoms with E-state index in [1.165, 1.54) is 12.8 Å². The molecule has 1 atom stereocenters. The smallest absolute Gasteiger partial charge is 0.0164 e. The van der Waals surface area contributed by atoms with Gasteiger partial charge in [-0.1, -0.05) is 27.7 Å². The molecule has 14 heavy (non-hydrogen) atoms. The summed E-state index contributed by atoms with van der Waals surface area (Å²) in [7, 11) is 0. The van der Waals surface area contributed by atoms with Gasteiger partial charge < -0.3 is 10.6 Å². The molecule has 0 amide bonds. The van der Waals surface area contributed by atoms with E-state index in [1.54, 1.807) is 0 Å². The molecular formula is C12H28N2. The average molecular weight is 200 g/mol. The predicted octanol–water partition coefficient (Wildman–Crippen LogP) is 2.40. The lowest BCUT2D eigenvalue weighted by Crippen LogP contribution is -2.37. The van der Waals surface area contributed by atoms with Crippen molar-refractivity contribution in [2.45, 2.75) is 53.5 Å². The van der Waals surface area contributed by atoms with Crippen molar-refractivity contribution in [3.05, 3.63) is 0 Å². The Bertz CT molecular complexity index is 127. The van der Waals surface area contributed by atoms with Gasteiger partial charge in [-0.25, -0.2) is 0 Å². The van der Waals surface area contributed by atoms with Gasteiger partial charge in [-0.05, 0) is 38.3 Å². The summed E-state index contributed by atoms with van der Waals surface area (Å²) in [6, 6.07) is 0.587. The summed E-state index contributed by atoms with van der Waals surface area (Å²) in [4.78, 5) is 0. The van der Waals surface area contributed by atoms with Crippen molar-refractivity contribution >= 4 is 0 Å². The minimum Gasteiger partial charge on any atom is -0.315 e. The van der Waals surface area contributed by atoms with Gasteiger partial charge in [0.15, 0.2) is 0 Å². The molecule has 0 rings (SSSR count). The van der Waals surface area contributed by atoms with E-state index in [-0.39, 0.29) is 0 Å². The molecule has 0 aromatic heterocycles. The van der Waals surface area contributed by atoms with Gasteiger partial charge in [-0.3, -0.25) is 0 Å². The minimum atomic E-state index is 0.448. The Morgan fingerprint density at radius 1 is 1.14 bits per heavy atom. The van der Waals surface area contributed by atoms with E-state index in [4.69, 9.17) is 0 Å². The number of nitrogens with one attached hydrogen (secondary N) is 2. The summed E-state index contributed by atoms with van der Waals surface area (Å²) >= 11 is 0. The Hall–Kier alpha value is -0.0800. The third-order valence-corrected chi connectivity index (χ3v) is 2.25. The van der Waals surface area contributed by atoms with Gasteiger partial charge in [0, 0.05) is 12.6 Å². The van der Waals surface area contributed by atoms with Crippen LogP contribution in [0.25, 0.3) is 0 Å². The summed E-state index contributed by atoms with van der Waals surface area (Å²) in [6.45, 7) is 14.6. The number of rotatable bonds is 7. The van der Waals surface area contributed by atoms with E-state index in [0.29, 0.717) is 11.5 Å². The highest BCUT2D eigenvalue weighted by atomic mass is 15.0. The summed E-state index contributed by atoms with van der Waals surface area (Å²) in [5.74, 6) is 0. The fourth-order valence-corrected chi connectivity index (χ4v) is 1.26. The maximum Gasteiger partial charge on any atom is 0.0164 e. The van der Waals surface area contributed by atoms with Crippen molar-refractivity contribution in [3.63, 3.8) is 0 Å². The molecule has 0 heterocycles. The Labute approximate surface area is 89.9 Å². The van der Waals surface area contributed by atoms with Crippen LogP contribution in [0.4, 0.5) is 0 Å². The van der Waals surface area contributed by atoms with Crippen molar-refractivity contribution < 1.29 is 0 Å². The second kappa shape index (κ2) is 7.24. The zero-order chi connectivity index (χ0) is 11.0. The molecule has 86 valence electrons. The maximum absolute atomic E-state index is 3.54. The van der Waals surface area contributed by atoms with Crippen LogP contribution in [0.15, 0.2) is 0 Å². The third-order valence-electron chi connectivity index (χ3n) is 2.25. The van der Waals surface area contributed by atoms with Crippen LogP contribution in [0, 0.1) is 5.41 Å². The van der Waals surface area contributed by atoms with Gasteiger partial charge in [0.1, 0.15) is 0 Å². The Balaban J connectivity index is 3.31. The van der Waals surface area contributed by atoms with Crippen LogP contribution < -0.4 is 10.6 Å². The Morgan fingerprint density at radius 3 is 2.29 bits per heavy atom. The molecule has 0 aliphatic heterocycles. The summed E-state index contributed by atoms with van der Waals surface area (Å²) < 4.78 is 0. The van der Waals surface area contributed by atoms with Crippen molar-refractivity contribution in [1.82, 2.24) is 10.6 Å². The summed E-state index contributed by atoms with van der Waals surface area (Å²) in [5, 5.41) is 6.96. The minimum absolute atomic E-state index is 0.448. The molecule has 0 saturated carbocycles. The molecule has 0 saturated heterocycles. The molecule has 2 N–H and O–H groups in total. The topological polar surface area (TPSA) is 24.1 Å². The quantitative estimate of drug-likeness (QED) is 0.617. The lowest BCUT2D eigenvalue weighted by molar-refractivity contribution is 0.354. The molecular weight excluding hydrogens is 172 g/mol. The molecule has 2 nitrogen and oxygen atoms in total. The van der Waals surface area contributed by atoms with Crippen LogP contribution in [-0.4, -0.2) is 25.7 Å². The highest BCUT2D eigenvalue weighted by Gasteiger charge is 2.09. The average Bonchev–Trinajstić information content (AvgIpc) is 2.02. The first-order chi connectivity index (χ1) is 6.45. The fraction of sp³-hybridized carbons (Fsp3) is 1.00. The van der Waals surface area contributed by atoms with E-state index in [0.717, 1.165) is 19.6 Å². The second-order valence-electron chi connectivity index (χ2n) is 5.37. The molecule has 0 radical (unpaired) electrons. The molecule has 0 aliphatic rings. The zero-order valence-electron chi connectivity index (χ0n) is 10.6. The van der Waals surface area contributed by atoms with Crippen molar-refractivity contribution in [2.24, 2.45) is 5.41 Å². The van der Waals surface area contributed by atoms with E-state index in [2.05, 4.69) is 45.3 Å². The molecule has 0 spiro atoms. The predicted molar refractivity (Wildman–Crippen MR) is 64.7 cm³/mol. The van der Waals surface area contributed by atoms with Crippen molar-refractivity contribution in [2.75, 3.05) is 19.6 Å². The second-order valence-corrected chi connectivity index (χ2v) is 5.37. The standard InChI is InChI=1S/C12H28N2/c1-6-8-13-10-11(2)14-9-7-12(3,4)5/h11,13-14H,6-10H2,1-5H3. The number of hydrogen-bond acceptors (Lipinski definition) is 2. The van der Waals surface area contributed by atoms with Gasteiger partial charge in [-0.2, -0.15) is 0 Å². The van der Waals surface area contributed by atoms with Crippen LogP contribution in [-0.2, 0) is 0 Å². The fourth-order valence-electron chi connectivity index (χ4n) is 1.26.